The van der Waals surface area contributed by atoms with Crippen molar-refractivity contribution in [2.24, 2.45) is 0 Å². The van der Waals surface area contributed by atoms with Gasteiger partial charge in [-0.25, -0.2) is 0 Å². The highest BCUT2D eigenvalue weighted by Gasteiger charge is 2.46. The lowest BCUT2D eigenvalue weighted by Gasteiger charge is -2.25. The van der Waals surface area contributed by atoms with E-state index in [9.17, 15) is 14.7 Å². The molecule has 4 nitrogen and oxygen atoms in total. The van der Waals surface area contributed by atoms with Gasteiger partial charge in [-0.3, -0.25) is 14.5 Å². The Bertz CT molecular complexity index is 1100. The number of aryl methyl sites for hydroxylation is 1. The van der Waals surface area contributed by atoms with Crippen molar-refractivity contribution >= 4 is 34.7 Å². The molecule has 3 aromatic rings. The number of hydrogen-bond acceptors (Lipinski definition) is 3. The molecule has 1 atom stereocenters. The number of aliphatic hydroxyl groups excluding tert-OH is 1. The Morgan fingerprint density at radius 3 is 2.14 bits per heavy atom. The van der Waals surface area contributed by atoms with Crippen molar-refractivity contribution in [2.45, 2.75) is 13.0 Å². The molecule has 1 saturated heterocycles. The third-order valence-corrected chi connectivity index (χ3v) is 5.24. The molecule has 0 aliphatic carbocycles. The average molecular weight is 404 g/mol. The Morgan fingerprint density at radius 1 is 0.897 bits per heavy atom. The fourth-order valence-corrected chi connectivity index (χ4v) is 3.64. The first-order valence-electron chi connectivity index (χ1n) is 9.16. The van der Waals surface area contributed by atoms with Gasteiger partial charge in [0.25, 0.3) is 11.7 Å². The van der Waals surface area contributed by atoms with Crippen molar-refractivity contribution in [3.05, 3.63) is 106 Å². The molecule has 1 aliphatic rings. The summed E-state index contributed by atoms with van der Waals surface area (Å²) in [4.78, 5) is 27.4. The highest BCUT2D eigenvalue weighted by atomic mass is 35.5. The van der Waals surface area contributed by atoms with Gasteiger partial charge in [0.1, 0.15) is 5.76 Å². The maximum Gasteiger partial charge on any atom is 0.300 e. The van der Waals surface area contributed by atoms with Gasteiger partial charge in [-0.05, 0) is 48.9 Å². The minimum Gasteiger partial charge on any atom is -0.507 e. The minimum atomic E-state index is -0.728. The topological polar surface area (TPSA) is 57.6 Å². The number of Topliss-reactive ketones (excluding diaryl/α,β-unsaturated/α-hetero) is 1. The second-order valence-electron chi connectivity index (χ2n) is 6.92. The number of amides is 1. The van der Waals surface area contributed by atoms with E-state index in [-0.39, 0.29) is 11.3 Å². The van der Waals surface area contributed by atoms with Gasteiger partial charge < -0.3 is 5.11 Å². The molecule has 1 unspecified atom stereocenters. The zero-order chi connectivity index (χ0) is 20.5. The summed E-state index contributed by atoms with van der Waals surface area (Å²) in [7, 11) is 0. The minimum absolute atomic E-state index is 0.0602. The van der Waals surface area contributed by atoms with Crippen LogP contribution in [0.5, 0.6) is 0 Å². The highest BCUT2D eigenvalue weighted by molar-refractivity contribution is 6.51. The molecule has 1 N–H and O–H groups in total. The lowest BCUT2D eigenvalue weighted by Crippen LogP contribution is -2.29. The smallest absolute Gasteiger partial charge is 0.300 e. The van der Waals surface area contributed by atoms with Crippen LogP contribution in [0.1, 0.15) is 22.7 Å². The molecular formula is C24H18ClNO3. The summed E-state index contributed by atoms with van der Waals surface area (Å²) in [5.41, 5.74) is 2.88. The predicted molar refractivity (Wildman–Crippen MR) is 114 cm³/mol. The van der Waals surface area contributed by atoms with Crippen molar-refractivity contribution in [3.8, 4) is 0 Å². The molecule has 0 aromatic heterocycles. The van der Waals surface area contributed by atoms with Gasteiger partial charge in [-0.1, -0.05) is 59.6 Å². The largest absolute Gasteiger partial charge is 0.507 e. The van der Waals surface area contributed by atoms with E-state index < -0.39 is 17.7 Å². The summed E-state index contributed by atoms with van der Waals surface area (Å²) in [6.07, 6.45) is 0. The van der Waals surface area contributed by atoms with Crippen LogP contribution in [0, 0.1) is 6.92 Å². The number of hydrogen-bond donors (Lipinski definition) is 1. The molecule has 1 aliphatic heterocycles. The van der Waals surface area contributed by atoms with E-state index in [0.717, 1.165) is 11.1 Å². The lowest BCUT2D eigenvalue weighted by molar-refractivity contribution is -0.132. The van der Waals surface area contributed by atoms with Crippen LogP contribution in [0.3, 0.4) is 0 Å². The number of ketones is 1. The zero-order valence-corrected chi connectivity index (χ0v) is 16.4. The van der Waals surface area contributed by atoms with E-state index in [1.54, 1.807) is 48.5 Å². The molecule has 0 bridgehead atoms. The first-order valence-corrected chi connectivity index (χ1v) is 9.53. The van der Waals surface area contributed by atoms with E-state index in [1.807, 2.05) is 37.3 Å². The first kappa shape index (κ1) is 19.0. The number of halogens is 1. The number of nitrogens with zero attached hydrogens (tertiary/aromatic N) is 1. The van der Waals surface area contributed by atoms with Gasteiger partial charge >= 0.3 is 0 Å². The van der Waals surface area contributed by atoms with Gasteiger partial charge in [0, 0.05) is 16.3 Å². The maximum absolute atomic E-state index is 13.0. The number of aliphatic hydroxyl groups is 1. The molecule has 29 heavy (non-hydrogen) atoms. The van der Waals surface area contributed by atoms with E-state index in [0.29, 0.717) is 16.3 Å². The standard InChI is InChI=1S/C24H18ClNO3/c1-15-7-9-16(10-8-15)21-20(22(27)17-11-13-18(25)14-12-17)23(28)24(29)26(21)19-5-3-2-4-6-19/h2-14,21,27H,1H3/b22-20-. The number of para-hydroxylation sites is 1. The van der Waals surface area contributed by atoms with E-state index in [1.165, 1.54) is 4.90 Å². The molecule has 1 amide bonds. The summed E-state index contributed by atoms with van der Waals surface area (Å²) in [5, 5.41) is 11.5. The van der Waals surface area contributed by atoms with Crippen LogP contribution in [0.2, 0.25) is 5.02 Å². The molecule has 0 radical (unpaired) electrons. The van der Waals surface area contributed by atoms with Crippen LogP contribution in [-0.2, 0) is 9.59 Å². The number of benzene rings is 3. The summed E-state index contributed by atoms with van der Waals surface area (Å²) >= 11 is 5.94. The van der Waals surface area contributed by atoms with Crippen LogP contribution < -0.4 is 4.90 Å². The normalized spacial score (nSPS) is 18.3. The second kappa shape index (κ2) is 7.57. The summed E-state index contributed by atoms with van der Waals surface area (Å²) in [5.74, 6) is -1.60. The molecule has 4 rings (SSSR count). The van der Waals surface area contributed by atoms with Crippen LogP contribution in [0.4, 0.5) is 5.69 Å². The van der Waals surface area contributed by atoms with Gasteiger partial charge in [0.15, 0.2) is 0 Å². The summed E-state index contributed by atoms with van der Waals surface area (Å²) < 4.78 is 0. The molecule has 144 valence electrons. The van der Waals surface area contributed by atoms with E-state index >= 15 is 0 Å². The van der Waals surface area contributed by atoms with Crippen molar-refractivity contribution in [2.75, 3.05) is 4.90 Å². The number of carbonyl (C=O) groups excluding carboxylic acids is 2. The number of carbonyl (C=O) groups is 2. The van der Waals surface area contributed by atoms with Crippen molar-refractivity contribution in [1.29, 1.82) is 0 Å². The molecule has 1 fully saturated rings. The van der Waals surface area contributed by atoms with Crippen LogP contribution in [0.25, 0.3) is 5.76 Å². The molecule has 0 spiro atoms. The van der Waals surface area contributed by atoms with Crippen LogP contribution >= 0.6 is 11.6 Å². The van der Waals surface area contributed by atoms with E-state index in [2.05, 4.69) is 0 Å². The van der Waals surface area contributed by atoms with Gasteiger partial charge in [0.05, 0.1) is 11.6 Å². The van der Waals surface area contributed by atoms with Crippen molar-refractivity contribution in [1.82, 2.24) is 0 Å². The Hall–Kier alpha value is -3.37. The monoisotopic (exact) mass is 403 g/mol. The quantitative estimate of drug-likeness (QED) is 0.368. The van der Waals surface area contributed by atoms with Crippen molar-refractivity contribution in [3.63, 3.8) is 0 Å². The zero-order valence-electron chi connectivity index (χ0n) is 15.7. The van der Waals surface area contributed by atoms with Gasteiger partial charge in [-0.2, -0.15) is 0 Å². The van der Waals surface area contributed by atoms with Crippen LogP contribution in [-0.4, -0.2) is 16.8 Å². The van der Waals surface area contributed by atoms with Crippen molar-refractivity contribution < 1.29 is 14.7 Å². The third kappa shape index (κ3) is 3.43. The maximum atomic E-state index is 13.0. The first-order chi connectivity index (χ1) is 14.0. The fraction of sp³-hybridized carbons (Fsp3) is 0.0833. The Kier molecular flexibility index (Phi) is 4.95. The fourth-order valence-electron chi connectivity index (χ4n) is 3.51. The predicted octanol–water partition coefficient (Wildman–Crippen LogP) is 5.27. The van der Waals surface area contributed by atoms with Crippen LogP contribution in [0.15, 0.2) is 84.4 Å². The third-order valence-electron chi connectivity index (χ3n) is 4.99. The molecule has 5 heteroatoms. The van der Waals surface area contributed by atoms with E-state index in [4.69, 9.17) is 11.6 Å². The summed E-state index contributed by atoms with van der Waals surface area (Å²) in [6, 6.07) is 22.4. The Morgan fingerprint density at radius 2 is 1.52 bits per heavy atom. The molecule has 0 saturated carbocycles. The molecular weight excluding hydrogens is 386 g/mol. The number of rotatable bonds is 3. The van der Waals surface area contributed by atoms with Gasteiger partial charge in [0.2, 0.25) is 0 Å². The highest BCUT2D eigenvalue weighted by Crippen LogP contribution is 2.42. The average Bonchev–Trinajstić information content (AvgIpc) is 3.00. The number of anilines is 1. The Labute approximate surface area is 173 Å². The van der Waals surface area contributed by atoms with Gasteiger partial charge in [-0.15, -0.1) is 0 Å². The SMILES string of the molecule is Cc1ccc(C2/C(=C(/O)c3ccc(Cl)cc3)C(=O)C(=O)N2c2ccccc2)cc1. The molecule has 3 aromatic carbocycles. The lowest BCUT2D eigenvalue weighted by atomic mass is 9.94. The second-order valence-corrected chi connectivity index (χ2v) is 7.36. The summed E-state index contributed by atoms with van der Waals surface area (Å²) in [6.45, 7) is 1.96. The Balaban J connectivity index is 1.94. The molecule has 1 heterocycles.